The highest BCUT2D eigenvalue weighted by Gasteiger charge is 2.48. The van der Waals surface area contributed by atoms with E-state index in [9.17, 15) is 34.8 Å². The first-order valence-electron chi connectivity index (χ1n) is 7.39. The largest absolute Gasteiger partial charge is 0.416 e. The highest BCUT2D eigenvalue weighted by molar-refractivity contribution is 7.89. The van der Waals surface area contributed by atoms with Gasteiger partial charge in [-0.2, -0.15) is 30.6 Å². The smallest absolute Gasteiger partial charge is 0.260 e. The van der Waals surface area contributed by atoms with Gasteiger partial charge in [-0.25, -0.2) is 8.42 Å². The second-order valence-corrected chi connectivity index (χ2v) is 7.72. The summed E-state index contributed by atoms with van der Waals surface area (Å²) in [6.45, 7) is 1.57. The Morgan fingerprint density at radius 3 is 1.93 bits per heavy atom. The molecule has 1 aromatic carbocycles. The molecule has 0 bridgehead atoms. The third-order valence-electron chi connectivity index (χ3n) is 3.79. The number of rotatable bonds is 4. The summed E-state index contributed by atoms with van der Waals surface area (Å²) < 4.78 is 104. The fourth-order valence-electron chi connectivity index (χ4n) is 2.37. The molecular formula is C16H14F6N2O2S. The number of hydrogen-bond acceptors (Lipinski definition) is 3. The van der Waals surface area contributed by atoms with Gasteiger partial charge in [0, 0.05) is 18.9 Å². The average Bonchev–Trinajstić information content (AvgIpc) is 2.53. The first kappa shape index (κ1) is 21.2. The van der Waals surface area contributed by atoms with E-state index in [-0.39, 0.29) is 4.31 Å². The minimum Gasteiger partial charge on any atom is -0.260 e. The Morgan fingerprint density at radius 1 is 0.963 bits per heavy atom. The van der Waals surface area contributed by atoms with Gasteiger partial charge in [-0.15, -0.1) is 0 Å². The maximum absolute atomic E-state index is 13.6. The van der Waals surface area contributed by atoms with E-state index in [1.807, 2.05) is 0 Å². The molecule has 0 saturated carbocycles. The van der Waals surface area contributed by atoms with Crippen molar-refractivity contribution >= 4 is 10.0 Å². The van der Waals surface area contributed by atoms with Gasteiger partial charge in [-0.05, 0) is 36.8 Å². The van der Waals surface area contributed by atoms with Crippen LogP contribution in [-0.2, 0) is 16.2 Å². The van der Waals surface area contributed by atoms with Gasteiger partial charge < -0.3 is 0 Å². The summed E-state index contributed by atoms with van der Waals surface area (Å²) in [4.78, 5) is 3.29. The molecule has 2 aromatic rings. The molecule has 2 rings (SSSR count). The third-order valence-corrected chi connectivity index (χ3v) is 5.59. The van der Waals surface area contributed by atoms with Crippen LogP contribution in [0.2, 0.25) is 0 Å². The zero-order chi connectivity index (χ0) is 20.6. The SMILES string of the molecule is Cc1ccc(S(=O)(=O)N(C)[C@H](c2ccc(C(F)(F)F)cc2)C(F)(F)F)cn1. The van der Waals surface area contributed by atoms with Crippen LogP contribution in [-0.4, -0.2) is 30.9 Å². The highest BCUT2D eigenvalue weighted by Crippen LogP contribution is 2.40. The fourth-order valence-corrected chi connectivity index (χ4v) is 3.65. The van der Waals surface area contributed by atoms with Crippen molar-refractivity contribution in [2.75, 3.05) is 7.05 Å². The monoisotopic (exact) mass is 412 g/mol. The number of aryl methyl sites for hydroxylation is 1. The van der Waals surface area contributed by atoms with Crippen molar-refractivity contribution in [3.8, 4) is 0 Å². The predicted octanol–water partition coefficient (Wildman–Crippen LogP) is 4.33. The van der Waals surface area contributed by atoms with Crippen molar-refractivity contribution in [2.45, 2.75) is 30.2 Å². The van der Waals surface area contributed by atoms with Crippen LogP contribution in [0.1, 0.15) is 22.9 Å². The molecule has 0 fully saturated rings. The van der Waals surface area contributed by atoms with E-state index in [0.29, 0.717) is 37.0 Å². The Morgan fingerprint density at radius 2 is 1.52 bits per heavy atom. The van der Waals surface area contributed by atoms with Crippen LogP contribution < -0.4 is 0 Å². The lowest BCUT2D eigenvalue weighted by molar-refractivity contribution is -0.171. The van der Waals surface area contributed by atoms with Crippen molar-refractivity contribution in [3.05, 3.63) is 59.4 Å². The van der Waals surface area contributed by atoms with Crippen molar-refractivity contribution in [3.63, 3.8) is 0 Å². The van der Waals surface area contributed by atoms with Crippen molar-refractivity contribution in [2.24, 2.45) is 0 Å². The van der Waals surface area contributed by atoms with Crippen molar-refractivity contribution in [1.82, 2.24) is 9.29 Å². The van der Waals surface area contributed by atoms with Gasteiger partial charge in [-0.1, -0.05) is 12.1 Å². The summed E-state index contributed by atoms with van der Waals surface area (Å²) in [5, 5.41) is 0. The number of benzene rings is 1. The summed E-state index contributed by atoms with van der Waals surface area (Å²) in [5.41, 5.74) is -1.31. The van der Waals surface area contributed by atoms with E-state index >= 15 is 0 Å². The quantitative estimate of drug-likeness (QED) is 0.703. The lowest BCUT2D eigenvalue weighted by atomic mass is 10.0. The zero-order valence-corrected chi connectivity index (χ0v) is 14.8. The highest BCUT2D eigenvalue weighted by atomic mass is 32.2. The number of alkyl halides is 6. The lowest BCUT2D eigenvalue weighted by Gasteiger charge is -2.29. The molecule has 0 radical (unpaired) electrons. The van der Waals surface area contributed by atoms with Crippen molar-refractivity contribution < 1.29 is 34.8 Å². The number of hydrogen-bond donors (Lipinski definition) is 0. The van der Waals surface area contributed by atoms with Crippen LogP contribution in [0.15, 0.2) is 47.5 Å². The molecule has 11 heteroatoms. The second kappa shape index (κ2) is 7.12. The third kappa shape index (κ3) is 4.59. The molecule has 1 heterocycles. The van der Waals surface area contributed by atoms with Gasteiger partial charge in [0.05, 0.1) is 5.56 Å². The molecular weight excluding hydrogens is 398 g/mol. The van der Waals surface area contributed by atoms with E-state index in [1.165, 1.54) is 6.07 Å². The minimum absolute atomic E-state index is 0.0714. The molecule has 0 aliphatic carbocycles. The Hall–Kier alpha value is -2.14. The van der Waals surface area contributed by atoms with Crippen LogP contribution in [0.3, 0.4) is 0 Å². The summed E-state index contributed by atoms with van der Waals surface area (Å²) in [5.74, 6) is 0. The van der Waals surface area contributed by atoms with E-state index in [0.717, 1.165) is 12.3 Å². The molecule has 0 aliphatic heterocycles. The zero-order valence-electron chi connectivity index (χ0n) is 14.0. The summed E-state index contributed by atoms with van der Waals surface area (Å²) >= 11 is 0. The summed E-state index contributed by atoms with van der Waals surface area (Å²) in [7, 11) is -3.88. The standard InChI is InChI=1S/C16H14F6N2O2S/c1-10-3-8-13(9-23-10)27(25,26)24(2)14(16(20,21)22)11-4-6-12(7-5-11)15(17,18)19/h3-9,14H,1-2H3/t14-/m1/s1. The van der Waals surface area contributed by atoms with Gasteiger partial charge in [0.2, 0.25) is 10.0 Å². The number of pyridine rings is 1. The molecule has 0 amide bonds. The molecule has 0 N–H and O–H groups in total. The van der Waals surface area contributed by atoms with Gasteiger partial charge in [0.15, 0.2) is 0 Å². The van der Waals surface area contributed by atoms with E-state index in [4.69, 9.17) is 0 Å². The Kier molecular flexibility index (Phi) is 5.58. The average molecular weight is 412 g/mol. The van der Waals surface area contributed by atoms with Gasteiger partial charge in [0.25, 0.3) is 0 Å². The van der Waals surface area contributed by atoms with Crippen LogP contribution >= 0.6 is 0 Å². The first-order valence-corrected chi connectivity index (χ1v) is 8.83. The maximum atomic E-state index is 13.6. The molecule has 1 atom stereocenters. The lowest BCUT2D eigenvalue weighted by Crippen LogP contribution is -2.39. The van der Waals surface area contributed by atoms with Crippen LogP contribution in [0.5, 0.6) is 0 Å². The molecule has 4 nitrogen and oxygen atoms in total. The molecule has 0 spiro atoms. The van der Waals surface area contributed by atoms with E-state index < -0.39 is 44.4 Å². The molecule has 1 aromatic heterocycles. The Balaban J connectivity index is 2.49. The minimum atomic E-state index is -5.06. The number of aromatic nitrogens is 1. The van der Waals surface area contributed by atoms with E-state index in [1.54, 1.807) is 6.92 Å². The molecule has 27 heavy (non-hydrogen) atoms. The van der Waals surface area contributed by atoms with Gasteiger partial charge >= 0.3 is 12.4 Å². The predicted molar refractivity (Wildman–Crippen MR) is 84.2 cm³/mol. The Bertz CT molecular complexity index is 890. The van der Waals surface area contributed by atoms with Crippen LogP contribution in [0.25, 0.3) is 0 Å². The molecule has 0 unspecified atom stereocenters. The number of halogens is 6. The summed E-state index contributed by atoms with van der Waals surface area (Å²) in [6.07, 6.45) is -8.86. The molecule has 148 valence electrons. The number of sulfonamides is 1. The first-order chi connectivity index (χ1) is 12.2. The van der Waals surface area contributed by atoms with Gasteiger partial charge in [-0.3, -0.25) is 4.98 Å². The molecule has 0 aliphatic rings. The maximum Gasteiger partial charge on any atom is 0.416 e. The van der Waals surface area contributed by atoms with Gasteiger partial charge in [0.1, 0.15) is 10.9 Å². The normalized spacial score (nSPS) is 14.4. The fraction of sp³-hybridized carbons (Fsp3) is 0.312. The van der Waals surface area contributed by atoms with Crippen LogP contribution in [0, 0.1) is 6.92 Å². The van der Waals surface area contributed by atoms with Crippen LogP contribution in [0.4, 0.5) is 26.3 Å². The second-order valence-electron chi connectivity index (χ2n) is 5.72. The molecule has 0 saturated heterocycles. The van der Waals surface area contributed by atoms with Crippen molar-refractivity contribution in [1.29, 1.82) is 0 Å². The number of nitrogens with zero attached hydrogens (tertiary/aromatic N) is 2. The Labute approximate surface area is 151 Å². The van der Waals surface area contributed by atoms with E-state index in [2.05, 4.69) is 4.98 Å². The topological polar surface area (TPSA) is 50.3 Å². The summed E-state index contributed by atoms with van der Waals surface area (Å²) in [6, 6.07) is 1.94.